The van der Waals surface area contributed by atoms with Crippen LogP contribution in [0.5, 0.6) is 0 Å². The zero-order valence-electron chi connectivity index (χ0n) is 13.0. The third-order valence-corrected chi connectivity index (χ3v) is 4.42. The number of hydrogen-bond acceptors (Lipinski definition) is 3. The summed E-state index contributed by atoms with van der Waals surface area (Å²) in [6.45, 7) is 2.00. The Labute approximate surface area is 138 Å². The van der Waals surface area contributed by atoms with E-state index in [1.54, 1.807) is 10.9 Å². The van der Waals surface area contributed by atoms with Gasteiger partial charge < -0.3 is 4.55 Å². The van der Waals surface area contributed by atoms with Crippen molar-refractivity contribution >= 4 is 17.6 Å². The first-order chi connectivity index (χ1) is 11.1. The van der Waals surface area contributed by atoms with Crippen molar-refractivity contribution in [2.24, 2.45) is 11.4 Å². The molecule has 0 aliphatic rings. The number of benzene rings is 2. The van der Waals surface area contributed by atoms with E-state index in [1.165, 1.54) is 0 Å². The van der Waals surface area contributed by atoms with Crippen LogP contribution in [-0.2, 0) is 18.4 Å². The van der Waals surface area contributed by atoms with Crippen molar-refractivity contribution in [2.75, 3.05) is 0 Å². The Morgan fingerprint density at radius 3 is 2.61 bits per heavy atom. The second-order valence-electron chi connectivity index (χ2n) is 5.32. The molecule has 0 fully saturated rings. The summed E-state index contributed by atoms with van der Waals surface area (Å²) in [5.41, 5.74) is 4.15. The lowest BCUT2D eigenvalue weighted by molar-refractivity contribution is 0.597. The van der Waals surface area contributed by atoms with Gasteiger partial charge in [-0.15, -0.1) is 0 Å². The highest BCUT2D eigenvalue weighted by atomic mass is 32.2. The van der Waals surface area contributed by atoms with Gasteiger partial charge >= 0.3 is 0 Å². The highest BCUT2D eigenvalue weighted by molar-refractivity contribution is 7.90. The van der Waals surface area contributed by atoms with Crippen LogP contribution in [0.3, 0.4) is 0 Å². The Kier molecular flexibility index (Phi) is 4.60. The van der Waals surface area contributed by atoms with Gasteiger partial charge in [-0.1, -0.05) is 40.3 Å². The zero-order valence-corrected chi connectivity index (χ0v) is 13.8. The average Bonchev–Trinajstić information content (AvgIpc) is 3.00. The molecule has 2 aromatic carbocycles. The lowest BCUT2D eigenvalue weighted by Gasteiger charge is -2.03. The lowest BCUT2D eigenvalue weighted by Crippen LogP contribution is -1.97. The van der Waals surface area contributed by atoms with Crippen LogP contribution < -0.4 is 0 Å². The molecular formula is C18H17N3OS. The molecular weight excluding hydrogens is 306 g/mol. The van der Waals surface area contributed by atoms with E-state index in [1.807, 2.05) is 74.9 Å². The maximum Gasteiger partial charge on any atom is 0.182 e. The van der Waals surface area contributed by atoms with Crippen LogP contribution in [0.1, 0.15) is 11.1 Å². The van der Waals surface area contributed by atoms with E-state index in [0.29, 0.717) is 4.90 Å². The van der Waals surface area contributed by atoms with E-state index in [2.05, 4.69) is 9.50 Å². The largest absolute Gasteiger partial charge is 0.586 e. The molecule has 1 atom stereocenters. The molecule has 1 aromatic heterocycles. The molecule has 0 amide bonds. The summed E-state index contributed by atoms with van der Waals surface area (Å²) in [5, 5.41) is 4.18. The Morgan fingerprint density at radius 2 is 1.91 bits per heavy atom. The maximum absolute atomic E-state index is 12.2. The van der Waals surface area contributed by atoms with Crippen LogP contribution in [-0.4, -0.2) is 20.5 Å². The first-order valence-corrected chi connectivity index (χ1v) is 8.34. The minimum absolute atomic E-state index is 0.704. The third-order valence-electron chi connectivity index (χ3n) is 3.44. The van der Waals surface area contributed by atoms with Gasteiger partial charge in [-0.25, -0.2) is 0 Å². The van der Waals surface area contributed by atoms with Gasteiger partial charge in [-0.05, 0) is 36.2 Å². The molecule has 1 heterocycles. The summed E-state index contributed by atoms with van der Waals surface area (Å²) < 4.78 is 18.1. The van der Waals surface area contributed by atoms with Gasteiger partial charge in [0.1, 0.15) is 11.4 Å². The topological polar surface area (TPSA) is 53.2 Å². The van der Waals surface area contributed by atoms with Crippen LogP contribution >= 0.6 is 0 Å². The van der Waals surface area contributed by atoms with E-state index in [-0.39, 0.29) is 0 Å². The molecule has 0 saturated carbocycles. The second-order valence-corrected chi connectivity index (χ2v) is 6.51. The predicted molar refractivity (Wildman–Crippen MR) is 93.8 cm³/mol. The molecule has 0 aliphatic carbocycles. The third kappa shape index (κ3) is 3.88. The first-order valence-electron chi connectivity index (χ1n) is 7.23. The number of rotatable bonds is 4. The number of aromatic nitrogens is 2. The van der Waals surface area contributed by atoms with Gasteiger partial charge in [0.15, 0.2) is 4.90 Å². The maximum atomic E-state index is 12.2. The van der Waals surface area contributed by atoms with Gasteiger partial charge in [0.25, 0.3) is 0 Å². The smallest absolute Gasteiger partial charge is 0.182 e. The number of aryl methyl sites for hydroxylation is 2. The van der Waals surface area contributed by atoms with Gasteiger partial charge in [0, 0.05) is 18.8 Å². The molecule has 0 aliphatic heterocycles. The number of nitrogens with zero attached hydrogens (tertiary/aromatic N) is 3. The van der Waals surface area contributed by atoms with Crippen LogP contribution in [0.25, 0.3) is 11.1 Å². The van der Waals surface area contributed by atoms with Gasteiger partial charge in [-0.2, -0.15) is 5.10 Å². The molecule has 116 valence electrons. The molecule has 3 aromatic rings. The van der Waals surface area contributed by atoms with Crippen molar-refractivity contribution in [2.45, 2.75) is 11.8 Å². The highest BCUT2D eigenvalue weighted by Crippen LogP contribution is 2.19. The molecule has 0 N–H and O–H groups in total. The van der Waals surface area contributed by atoms with Gasteiger partial charge in [0.2, 0.25) is 0 Å². The van der Waals surface area contributed by atoms with Crippen LogP contribution in [0.15, 0.2) is 70.2 Å². The fourth-order valence-electron chi connectivity index (χ4n) is 2.19. The van der Waals surface area contributed by atoms with E-state index < -0.39 is 11.4 Å². The zero-order chi connectivity index (χ0) is 16.2. The number of hydrogen-bond donors (Lipinski definition) is 0. The summed E-state index contributed by atoms with van der Waals surface area (Å²) in [5.74, 6) is 0. The Bertz CT molecular complexity index is 824. The van der Waals surface area contributed by atoms with E-state index in [9.17, 15) is 4.55 Å². The fraction of sp³-hybridized carbons (Fsp3) is 0.111. The monoisotopic (exact) mass is 323 g/mol. The van der Waals surface area contributed by atoms with Crippen molar-refractivity contribution in [1.82, 2.24) is 9.78 Å². The van der Waals surface area contributed by atoms with Crippen molar-refractivity contribution in [3.63, 3.8) is 0 Å². The first kappa shape index (κ1) is 15.5. The van der Waals surface area contributed by atoms with Crippen molar-refractivity contribution < 1.29 is 4.55 Å². The molecule has 0 saturated heterocycles. The normalized spacial score (nSPS) is 12.7. The molecule has 0 spiro atoms. The molecule has 1 unspecified atom stereocenters. The quantitative estimate of drug-likeness (QED) is 0.545. The molecule has 23 heavy (non-hydrogen) atoms. The van der Waals surface area contributed by atoms with Crippen LogP contribution in [0.2, 0.25) is 0 Å². The summed E-state index contributed by atoms with van der Waals surface area (Å²) in [6, 6.07) is 15.5. The van der Waals surface area contributed by atoms with Crippen molar-refractivity contribution in [1.29, 1.82) is 0 Å². The van der Waals surface area contributed by atoms with Crippen molar-refractivity contribution in [3.05, 3.63) is 72.1 Å². The van der Waals surface area contributed by atoms with E-state index >= 15 is 0 Å². The second kappa shape index (κ2) is 6.81. The van der Waals surface area contributed by atoms with Crippen LogP contribution in [0, 0.1) is 6.92 Å². The molecule has 0 radical (unpaired) electrons. The highest BCUT2D eigenvalue weighted by Gasteiger charge is 2.08. The molecule has 3 rings (SSSR count). The Morgan fingerprint density at radius 1 is 1.13 bits per heavy atom. The molecule has 0 bridgehead atoms. The Hall–Kier alpha value is -2.37. The SMILES string of the molecule is Cc1ccc([S+]([O-])/N=C/c2cccc(-c3cnn(C)c3)c2)cc1. The summed E-state index contributed by atoms with van der Waals surface area (Å²) in [6.07, 6.45) is 5.43. The minimum atomic E-state index is -1.39. The minimum Gasteiger partial charge on any atom is -0.586 e. The summed E-state index contributed by atoms with van der Waals surface area (Å²) in [4.78, 5) is 0.704. The standard InChI is InChI=1S/C18H17N3OS/c1-14-6-8-18(9-7-14)23(22)20-11-15-4-3-5-16(10-15)17-12-19-21(2)13-17/h3-13H,1-2H3/b20-11+. The fourth-order valence-corrected chi connectivity index (χ4v) is 2.90. The average molecular weight is 323 g/mol. The van der Waals surface area contributed by atoms with Gasteiger partial charge in [-0.3, -0.25) is 4.68 Å². The van der Waals surface area contributed by atoms with E-state index in [4.69, 9.17) is 0 Å². The predicted octanol–water partition coefficient (Wildman–Crippen LogP) is 3.54. The molecule has 4 nitrogen and oxygen atoms in total. The lowest BCUT2D eigenvalue weighted by atomic mass is 10.1. The van der Waals surface area contributed by atoms with Gasteiger partial charge in [0.05, 0.1) is 12.4 Å². The van der Waals surface area contributed by atoms with Crippen LogP contribution in [0.4, 0.5) is 0 Å². The van der Waals surface area contributed by atoms with Crippen molar-refractivity contribution in [3.8, 4) is 11.1 Å². The Balaban J connectivity index is 1.78. The summed E-state index contributed by atoms with van der Waals surface area (Å²) in [7, 11) is 1.89. The molecule has 5 heteroatoms. The summed E-state index contributed by atoms with van der Waals surface area (Å²) >= 11 is -1.39. The van der Waals surface area contributed by atoms with E-state index in [0.717, 1.165) is 22.3 Å².